The van der Waals surface area contributed by atoms with Crippen molar-refractivity contribution in [3.8, 4) is 0 Å². The third kappa shape index (κ3) is 5.35. The van der Waals surface area contributed by atoms with Gasteiger partial charge in [-0.2, -0.15) is 0 Å². The van der Waals surface area contributed by atoms with Crippen molar-refractivity contribution in [2.45, 2.75) is 76.4 Å². The van der Waals surface area contributed by atoms with Crippen LogP contribution in [-0.2, 0) is 16.0 Å². The summed E-state index contributed by atoms with van der Waals surface area (Å²) in [5.74, 6) is -0.164. The van der Waals surface area contributed by atoms with Gasteiger partial charge in [-0.15, -0.1) is 0 Å². The minimum Gasteiger partial charge on any atom is -0.343 e. The molecule has 7 nitrogen and oxygen atoms in total. The van der Waals surface area contributed by atoms with Gasteiger partial charge in [0.15, 0.2) is 0 Å². The Morgan fingerprint density at radius 2 is 1.86 bits per heavy atom. The predicted octanol–water partition coefficient (Wildman–Crippen LogP) is 4.25. The largest absolute Gasteiger partial charge is 0.343 e. The van der Waals surface area contributed by atoms with E-state index in [-0.39, 0.29) is 35.6 Å². The summed E-state index contributed by atoms with van der Waals surface area (Å²) in [5, 5.41) is 6.09. The van der Waals surface area contributed by atoms with Crippen LogP contribution in [0.2, 0.25) is 0 Å². The van der Waals surface area contributed by atoms with Gasteiger partial charge in [0.05, 0.1) is 17.8 Å². The number of nitrogens with zero attached hydrogens (tertiary/aromatic N) is 3. The highest BCUT2D eigenvalue weighted by molar-refractivity contribution is 5.90. The van der Waals surface area contributed by atoms with Crippen LogP contribution in [0.4, 0.5) is 15.8 Å². The first-order valence-electron chi connectivity index (χ1n) is 13.8. The molecule has 2 fully saturated rings. The van der Waals surface area contributed by atoms with Gasteiger partial charge in [0, 0.05) is 30.7 Å². The normalized spacial score (nSPS) is 21.5. The number of likely N-dealkylation sites (tertiary alicyclic amines) is 1. The Morgan fingerprint density at radius 3 is 2.65 bits per heavy atom. The molecule has 1 aromatic heterocycles. The first kappa shape index (κ1) is 25.6. The van der Waals surface area contributed by atoms with Crippen molar-refractivity contribution < 1.29 is 14.0 Å². The fourth-order valence-corrected chi connectivity index (χ4v) is 6.20. The number of nitrogens with one attached hydrogen (secondary N) is 2. The van der Waals surface area contributed by atoms with Gasteiger partial charge in [-0.1, -0.05) is 19.3 Å². The second-order valence-corrected chi connectivity index (χ2v) is 10.7. The zero-order valence-electron chi connectivity index (χ0n) is 21.9. The van der Waals surface area contributed by atoms with Gasteiger partial charge in [-0.05, 0) is 87.9 Å². The van der Waals surface area contributed by atoms with E-state index in [0.717, 1.165) is 74.1 Å². The first-order chi connectivity index (χ1) is 18.0. The fraction of sp³-hybridized carbons (Fsp3) is 0.552. The van der Waals surface area contributed by atoms with Crippen LogP contribution in [0.5, 0.6) is 0 Å². The summed E-state index contributed by atoms with van der Waals surface area (Å²) in [4.78, 5) is 35.7. The molecule has 8 heteroatoms. The first-order valence-corrected chi connectivity index (χ1v) is 13.8. The molecule has 5 rings (SSSR count). The molecule has 0 bridgehead atoms. The van der Waals surface area contributed by atoms with Crippen molar-refractivity contribution >= 4 is 23.2 Å². The number of hydrogen-bond donors (Lipinski definition) is 2. The summed E-state index contributed by atoms with van der Waals surface area (Å²) in [6.07, 6.45) is 9.68. The molecule has 1 saturated heterocycles. The maximum absolute atomic E-state index is 14.0. The molecule has 2 aromatic rings. The zero-order chi connectivity index (χ0) is 25.9. The van der Waals surface area contributed by atoms with Gasteiger partial charge in [-0.25, -0.2) is 4.39 Å². The number of carbonyl (C=O) groups is 2. The van der Waals surface area contributed by atoms with Crippen LogP contribution in [0, 0.1) is 11.7 Å². The quantitative estimate of drug-likeness (QED) is 0.586. The summed E-state index contributed by atoms with van der Waals surface area (Å²) < 4.78 is 13.7. The van der Waals surface area contributed by atoms with E-state index in [0.29, 0.717) is 6.54 Å². The van der Waals surface area contributed by atoms with Crippen molar-refractivity contribution in [1.29, 1.82) is 0 Å². The Labute approximate surface area is 218 Å². The third-order valence-electron chi connectivity index (χ3n) is 8.40. The lowest BCUT2D eigenvalue weighted by molar-refractivity contribution is -0.139. The van der Waals surface area contributed by atoms with Crippen molar-refractivity contribution in [3.63, 3.8) is 0 Å². The summed E-state index contributed by atoms with van der Waals surface area (Å²) >= 11 is 0. The molecule has 37 heavy (non-hydrogen) atoms. The summed E-state index contributed by atoms with van der Waals surface area (Å²) in [6, 6.07) is 8.03. The number of aromatic nitrogens is 1. The van der Waals surface area contributed by atoms with E-state index in [9.17, 15) is 14.0 Å². The average Bonchev–Trinajstić information content (AvgIpc) is 3.58. The van der Waals surface area contributed by atoms with Crippen molar-refractivity contribution in [2.75, 3.05) is 25.0 Å². The lowest BCUT2D eigenvalue weighted by Crippen LogP contribution is -2.55. The highest BCUT2D eigenvalue weighted by Gasteiger charge is 2.39. The molecule has 1 saturated carbocycles. The zero-order valence-corrected chi connectivity index (χ0v) is 21.9. The molecule has 198 valence electrons. The summed E-state index contributed by atoms with van der Waals surface area (Å²) in [6.45, 7) is 3.27. The summed E-state index contributed by atoms with van der Waals surface area (Å²) in [7, 11) is 1.76. The predicted molar refractivity (Wildman–Crippen MR) is 142 cm³/mol. The number of amides is 2. The van der Waals surface area contributed by atoms with E-state index in [1.807, 2.05) is 30.2 Å². The Hall–Kier alpha value is -3.00. The lowest BCUT2D eigenvalue weighted by atomic mass is 9.83. The van der Waals surface area contributed by atoms with Crippen LogP contribution in [0.1, 0.15) is 69.2 Å². The molecule has 3 heterocycles. The number of fused-ring (bicyclic) bond motifs is 1. The Morgan fingerprint density at radius 1 is 1.05 bits per heavy atom. The number of likely N-dealkylation sites (N-methyl/N-ethyl adjacent to an activating group) is 1. The molecule has 3 aliphatic rings. The minimum atomic E-state index is -0.507. The number of anilines is 2. The number of carbonyl (C=O) groups excluding carboxylic acids is 2. The number of pyridine rings is 1. The highest BCUT2D eigenvalue weighted by Crippen LogP contribution is 2.38. The van der Waals surface area contributed by atoms with Crippen molar-refractivity contribution in [2.24, 2.45) is 5.92 Å². The maximum atomic E-state index is 14.0. The second-order valence-electron chi connectivity index (χ2n) is 10.7. The van der Waals surface area contributed by atoms with Gasteiger partial charge in [0.25, 0.3) is 0 Å². The molecule has 1 aliphatic carbocycles. The second kappa shape index (κ2) is 11.2. The Bertz CT molecular complexity index is 1140. The average molecular weight is 508 g/mol. The molecular formula is C29H38FN5O2. The Balaban J connectivity index is 1.38. The lowest BCUT2D eigenvalue weighted by Gasteiger charge is -2.35. The van der Waals surface area contributed by atoms with Crippen LogP contribution < -0.4 is 15.5 Å². The number of halogens is 1. The molecule has 2 amide bonds. The number of rotatable bonds is 7. The van der Waals surface area contributed by atoms with E-state index in [4.69, 9.17) is 4.98 Å². The fourth-order valence-electron chi connectivity index (χ4n) is 6.20. The highest BCUT2D eigenvalue weighted by atomic mass is 19.1. The van der Waals surface area contributed by atoms with Gasteiger partial charge >= 0.3 is 0 Å². The molecule has 3 atom stereocenters. The SMILES string of the molecule is CNC(C)C(=O)N[C@H](C(=O)N1CCCC1c1cc(N2CCc3cc(F)ccc32)ccn1)C1CCCCC1. The summed E-state index contributed by atoms with van der Waals surface area (Å²) in [5.41, 5.74) is 3.92. The molecule has 0 radical (unpaired) electrons. The van der Waals surface area contributed by atoms with E-state index in [2.05, 4.69) is 21.6 Å². The standard InChI is InChI=1S/C29H38FN5O2/c1-19(31-2)28(36)33-27(20-7-4-3-5-8-20)29(37)35-15-6-9-26(35)24-18-23(12-14-32-24)34-16-13-21-17-22(30)10-11-25(21)34/h10-12,14,17-20,26-27,31H,3-9,13,15-16H2,1-2H3,(H,33,36)/t19?,26?,27-/m0/s1. The van der Waals surface area contributed by atoms with E-state index in [1.54, 1.807) is 13.1 Å². The molecule has 2 aliphatic heterocycles. The van der Waals surface area contributed by atoms with Crippen molar-refractivity contribution in [1.82, 2.24) is 20.5 Å². The van der Waals surface area contributed by atoms with Crippen LogP contribution >= 0.6 is 0 Å². The number of benzene rings is 1. The molecule has 0 spiro atoms. The van der Waals surface area contributed by atoms with Gasteiger partial charge < -0.3 is 20.4 Å². The smallest absolute Gasteiger partial charge is 0.246 e. The van der Waals surface area contributed by atoms with Gasteiger partial charge in [0.1, 0.15) is 11.9 Å². The molecule has 2 N–H and O–H groups in total. The molecular weight excluding hydrogens is 469 g/mol. The minimum absolute atomic E-state index is 0.0141. The van der Waals surface area contributed by atoms with E-state index < -0.39 is 6.04 Å². The van der Waals surface area contributed by atoms with Crippen LogP contribution in [0.3, 0.4) is 0 Å². The maximum Gasteiger partial charge on any atom is 0.246 e. The van der Waals surface area contributed by atoms with Gasteiger partial charge in [-0.3, -0.25) is 14.6 Å². The monoisotopic (exact) mass is 507 g/mol. The molecule has 2 unspecified atom stereocenters. The van der Waals surface area contributed by atoms with Gasteiger partial charge in [0.2, 0.25) is 11.8 Å². The topological polar surface area (TPSA) is 77.6 Å². The number of hydrogen-bond acceptors (Lipinski definition) is 5. The Kier molecular flexibility index (Phi) is 7.74. The van der Waals surface area contributed by atoms with Crippen LogP contribution in [0.25, 0.3) is 0 Å². The van der Waals surface area contributed by atoms with Crippen LogP contribution in [-0.4, -0.2) is 53.9 Å². The van der Waals surface area contributed by atoms with Crippen LogP contribution in [0.15, 0.2) is 36.5 Å². The van der Waals surface area contributed by atoms with E-state index >= 15 is 0 Å². The van der Waals surface area contributed by atoms with Crippen molar-refractivity contribution in [3.05, 3.63) is 53.6 Å². The molecule has 1 aromatic carbocycles. The van der Waals surface area contributed by atoms with E-state index in [1.165, 1.54) is 12.5 Å². The third-order valence-corrected chi connectivity index (χ3v) is 8.40.